The van der Waals surface area contributed by atoms with Crippen LogP contribution in [0.5, 0.6) is 0 Å². The molecular weight excluding hydrogens is 406 g/mol. The van der Waals surface area contributed by atoms with Crippen LogP contribution in [0, 0.1) is 13.8 Å². The van der Waals surface area contributed by atoms with Crippen LogP contribution >= 0.6 is 0 Å². The summed E-state index contributed by atoms with van der Waals surface area (Å²) >= 11 is 0. The largest absolute Gasteiger partial charge is 0.478 e. The zero-order valence-corrected chi connectivity index (χ0v) is 17.3. The van der Waals surface area contributed by atoms with Gasteiger partial charge in [0.1, 0.15) is 11.5 Å². The Kier molecular flexibility index (Phi) is 4.91. The van der Waals surface area contributed by atoms with Crippen molar-refractivity contribution >= 4 is 23.1 Å². The third kappa shape index (κ3) is 3.71. The highest BCUT2D eigenvalue weighted by Crippen LogP contribution is 2.33. The Morgan fingerprint density at radius 3 is 2.58 bits per heavy atom. The lowest BCUT2D eigenvalue weighted by molar-refractivity contribution is -0.0267. The van der Waals surface area contributed by atoms with E-state index in [1.54, 1.807) is 31.3 Å². The Bertz CT molecular complexity index is 1250. The number of benzene rings is 1. The van der Waals surface area contributed by atoms with Crippen molar-refractivity contribution in [3.8, 4) is 0 Å². The lowest BCUT2D eigenvalue weighted by Crippen LogP contribution is -2.57. The number of halogens is 2. The number of anilines is 2. The number of aromatic carboxylic acids is 1. The maximum absolute atomic E-state index is 13.4. The van der Waals surface area contributed by atoms with Gasteiger partial charge in [0.15, 0.2) is 0 Å². The molecule has 1 aromatic carbocycles. The first kappa shape index (κ1) is 20.8. The molecule has 9 heteroatoms. The van der Waals surface area contributed by atoms with Gasteiger partial charge in [0, 0.05) is 17.4 Å². The molecule has 162 valence electrons. The molecule has 1 aliphatic rings. The third-order valence-corrected chi connectivity index (χ3v) is 5.43. The van der Waals surface area contributed by atoms with E-state index < -0.39 is 31.0 Å². The van der Waals surface area contributed by atoms with Crippen LogP contribution in [0.2, 0.25) is 0 Å². The summed E-state index contributed by atoms with van der Waals surface area (Å²) in [6.07, 6.45) is 1.66. The second kappa shape index (κ2) is 7.33. The van der Waals surface area contributed by atoms with Gasteiger partial charge in [-0.05, 0) is 44.5 Å². The Labute approximate surface area is 177 Å². The topological polar surface area (TPSA) is 86.9 Å². The summed E-state index contributed by atoms with van der Waals surface area (Å²) in [5, 5.41) is 12.6. The van der Waals surface area contributed by atoms with Crippen LogP contribution in [0.25, 0.3) is 5.65 Å². The average molecular weight is 428 g/mol. The van der Waals surface area contributed by atoms with E-state index in [2.05, 4.69) is 10.3 Å². The van der Waals surface area contributed by atoms with Gasteiger partial charge >= 0.3 is 5.97 Å². The van der Waals surface area contributed by atoms with E-state index in [0.717, 1.165) is 5.56 Å². The zero-order chi connectivity index (χ0) is 22.5. The van der Waals surface area contributed by atoms with Crippen LogP contribution in [0.3, 0.4) is 0 Å². The number of pyridine rings is 1. The number of hydrogen-bond acceptors (Lipinski definition) is 5. The minimum atomic E-state index is -2.79. The zero-order valence-electron chi connectivity index (χ0n) is 17.3. The lowest BCUT2D eigenvalue weighted by Gasteiger charge is -2.40. The second-order valence-corrected chi connectivity index (χ2v) is 7.96. The van der Waals surface area contributed by atoms with Gasteiger partial charge < -0.3 is 15.3 Å². The smallest absolute Gasteiger partial charge is 0.337 e. The van der Waals surface area contributed by atoms with E-state index in [1.165, 1.54) is 15.4 Å². The van der Waals surface area contributed by atoms with Crippen molar-refractivity contribution in [2.24, 2.45) is 0 Å². The van der Waals surface area contributed by atoms with E-state index in [1.807, 2.05) is 19.9 Å². The van der Waals surface area contributed by atoms with Crippen LogP contribution in [0.15, 0.2) is 41.3 Å². The van der Waals surface area contributed by atoms with Gasteiger partial charge in [-0.3, -0.25) is 9.20 Å². The highest BCUT2D eigenvalue weighted by molar-refractivity contribution is 5.94. The molecule has 4 rings (SSSR count). The Morgan fingerprint density at radius 2 is 1.94 bits per heavy atom. The number of aryl methyl sites for hydroxylation is 1. The van der Waals surface area contributed by atoms with Gasteiger partial charge in [0.05, 0.1) is 30.3 Å². The highest BCUT2D eigenvalue weighted by Gasteiger charge is 2.45. The van der Waals surface area contributed by atoms with Crippen LogP contribution < -0.4 is 15.8 Å². The number of alkyl halides is 2. The molecule has 1 saturated heterocycles. The number of nitrogens with zero attached hydrogens (tertiary/aromatic N) is 3. The molecule has 7 nitrogen and oxygen atoms in total. The maximum Gasteiger partial charge on any atom is 0.337 e. The van der Waals surface area contributed by atoms with Crippen molar-refractivity contribution in [1.29, 1.82) is 0 Å². The van der Waals surface area contributed by atoms with Crippen molar-refractivity contribution in [3.63, 3.8) is 0 Å². The Morgan fingerprint density at radius 1 is 1.26 bits per heavy atom. The van der Waals surface area contributed by atoms with Crippen molar-refractivity contribution in [3.05, 3.63) is 69.1 Å². The monoisotopic (exact) mass is 428 g/mol. The number of hydrogen-bond donors (Lipinski definition) is 2. The van der Waals surface area contributed by atoms with Crippen LogP contribution in [0.4, 0.5) is 20.3 Å². The summed E-state index contributed by atoms with van der Waals surface area (Å²) < 4.78 is 28.2. The number of nitrogens with one attached hydrogen (secondary N) is 1. The van der Waals surface area contributed by atoms with Crippen molar-refractivity contribution < 1.29 is 18.7 Å². The molecule has 3 aromatic rings. The minimum absolute atomic E-state index is 0.121. The van der Waals surface area contributed by atoms with Gasteiger partial charge in [0.2, 0.25) is 0 Å². The van der Waals surface area contributed by atoms with Gasteiger partial charge in [-0.2, -0.15) is 0 Å². The molecule has 31 heavy (non-hydrogen) atoms. The van der Waals surface area contributed by atoms with Crippen LogP contribution in [-0.4, -0.2) is 39.5 Å². The molecule has 2 N–H and O–H groups in total. The molecule has 1 fully saturated rings. The SMILES string of the molecule is Cc1cc(C(C)Nc2ccccc2C(=O)O)c2nc(N3CC(F)(F)C3)c(C)c(=O)n2c1. The van der Waals surface area contributed by atoms with Crippen molar-refractivity contribution in [2.45, 2.75) is 32.7 Å². The summed E-state index contributed by atoms with van der Waals surface area (Å²) in [6, 6.07) is 7.97. The van der Waals surface area contributed by atoms with E-state index in [0.29, 0.717) is 22.5 Å². The summed E-state index contributed by atoms with van der Waals surface area (Å²) in [4.78, 5) is 30.5. The molecule has 0 saturated carbocycles. The number of rotatable bonds is 5. The summed E-state index contributed by atoms with van der Waals surface area (Å²) in [5.74, 6) is -3.60. The van der Waals surface area contributed by atoms with Crippen LogP contribution in [0.1, 0.15) is 40.0 Å². The standard InChI is InChI=1S/C22H22F2N4O3/c1-12-8-16(14(3)25-17-7-5-4-6-15(17)21(30)31)19-26-18(27-10-22(23,24)11-27)13(2)20(29)28(19)9-12/h4-9,14,25H,10-11H2,1-3H3,(H,30,31). The molecule has 0 bridgehead atoms. The molecule has 0 radical (unpaired) electrons. The fourth-order valence-electron chi connectivity index (χ4n) is 3.88. The molecule has 1 atom stereocenters. The molecule has 3 heterocycles. The van der Waals surface area contributed by atoms with E-state index in [9.17, 15) is 23.5 Å². The fourth-order valence-corrected chi connectivity index (χ4v) is 3.88. The number of carboxylic acids is 1. The molecule has 2 aromatic heterocycles. The van der Waals surface area contributed by atoms with Gasteiger partial charge in [-0.15, -0.1) is 0 Å². The predicted octanol–water partition coefficient (Wildman–Crippen LogP) is 3.64. The summed E-state index contributed by atoms with van der Waals surface area (Å²) in [7, 11) is 0. The Balaban J connectivity index is 1.81. The van der Waals surface area contributed by atoms with Crippen molar-refractivity contribution in [1.82, 2.24) is 9.38 Å². The summed E-state index contributed by atoms with van der Waals surface area (Å²) in [6.45, 7) is 4.30. The molecule has 1 aliphatic heterocycles. The molecule has 0 amide bonds. The van der Waals surface area contributed by atoms with E-state index >= 15 is 0 Å². The first-order valence-electron chi connectivity index (χ1n) is 9.82. The highest BCUT2D eigenvalue weighted by atomic mass is 19.3. The third-order valence-electron chi connectivity index (χ3n) is 5.43. The number of para-hydroxylation sites is 1. The number of fused-ring (bicyclic) bond motifs is 1. The fraction of sp³-hybridized carbons (Fsp3) is 0.318. The first-order chi connectivity index (χ1) is 14.6. The average Bonchev–Trinajstić information content (AvgIpc) is 2.69. The molecule has 0 aliphatic carbocycles. The maximum atomic E-state index is 13.4. The number of carboxylic acid groups (broad SMARTS) is 1. The van der Waals surface area contributed by atoms with Crippen LogP contribution in [-0.2, 0) is 0 Å². The van der Waals surface area contributed by atoms with Gasteiger partial charge in [-0.1, -0.05) is 12.1 Å². The lowest BCUT2D eigenvalue weighted by atomic mass is 10.1. The van der Waals surface area contributed by atoms with E-state index in [-0.39, 0.29) is 16.9 Å². The first-order valence-corrected chi connectivity index (χ1v) is 9.82. The minimum Gasteiger partial charge on any atom is -0.478 e. The van der Waals surface area contributed by atoms with Gasteiger partial charge in [0.25, 0.3) is 11.5 Å². The quantitative estimate of drug-likeness (QED) is 0.645. The molecule has 1 unspecified atom stereocenters. The normalized spacial score (nSPS) is 16.1. The Hall–Kier alpha value is -3.49. The number of carbonyl (C=O) groups is 1. The number of aromatic nitrogens is 2. The van der Waals surface area contributed by atoms with Gasteiger partial charge in [-0.25, -0.2) is 18.6 Å². The summed E-state index contributed by atoms with van der Waals surface area (Å²) in [5.41, 5.74) is 2.36. The second-order valence-electron chi connectivity index (χ2n) is 7.96. The predicted molar refractivity (Wildman–Crippen MR) is 114 cm³/mol. The van der Waals surface area contributed by atoms with E-state index in [4.69, 9.17) is 0 Å². The molecular formula is C22H22F2N4O3. The molecule has 0 spiro atoms. The van der Waals surface area contributed by atoms with Crippen molar-refractivity contribution in [2.75, 3.05) is 23.3 Å².